The van der Waals surface area contributed by atoms with E-state index in [0.717, 1.165) is 5.01 Å². The molecule has 1 rings (SSSR count). The minimum atomic E-state index is -0.511. The summed E-state index contributed by atoms with van der Waals surface area (Å²) in [6.07, 6.45) is 0.0817. The number of hydrogen-bond donors (Lipinski definition) is 1. The maximum absolute atomic E-state index is 11.4. The summed E-state index contributed by atoms with van der Waals surface area (Å²) in [6.45, 7) is 5.81. The van der Waals surface area contributed by atoms with Gasteiger partial charge in [-0.05, 0) is 20.8 Å². The lowest BCUT2D eigenvalue weighted by molar-refractivity contribution is 0.0526. The SMILES string of the molecule is COC(=O)c1csc(CCNC(=O)OC(C)(C)C)n1. The van der Waals surface area contributed by atoms with Crippen LogP contribution < -0.4 is 5.32 Å². The molecule has 1 aromatic rings. The van der Waals surface area contributed by atoms with Crippen LogP contribution in [0.15, 0.2) is 5.38 Å². The van der Waals surface area contributed by atoms with E-state index < -0.39 is 17.7 Å². The Kier molecular flexibility index (Phi) is 5.29. The van der Waals surface area contributed by atoms with Gasteiger partial charge in [-0.1, -0.05) is 0 Å². The monoisotopic (exact) mass is 286 g/mol. The first-order chi connectivity index (χ1) is 8.81. The molecule has 0 bridgehead atoms. The Balaban J connectivity index is 2.35. The van der Waals surface area contributed by atoms with E-state index >= 15 is 0 Å². The highest BCUT2D eigenvalue weighted by Crippen LogP contribution is 2.11. The largest absolute Gasteiger partial charge is 0.464 e. The minimum absolute atomic E-state index is 0.291. The zero-order valence-electron chi connectivity index (χ0n) is 11.5. The van der Waals surface area contributed by atoms with Crippen LogP contribution in [0.5, 0.6) is 0 Å². The molecule has 1 N–H and O–H groups in total. The fourth-order valence-corrected chi connectivity index (χ4v) is 1.98. The van der Waals surface area contributed by atoms with E-state index in [2.05, 4.69) is 15.0 Å². The maximum atomic E-state index is 11.4. The second-order valence-electron chi connectivity index (χ2n) is 4.80. The van der Waals surface area contributed by atoms with E-state index in [1.165, 1.54) is 18.4 Å². The van der Waals surface area contributed by atoms with Crippen LogP contribution in [-0.2, 0) is 15.9 Å². The molecular formula is C12H18N2O4S. The molecule has 0 fully saturated rings. The van der Waals surface area contributed by atoms with Crippen molar-refractivity contribution in [2.75, 3.05) is 13.7 Å². The number of carbonyl (C=O) groups excluding carboxylic acids is 2. The molecule has 0 radical (unpaired) electrons. The molecule has 1 aromatic heterocycles. The van der Waals surface area contributed by atoms with Crippen molar-refractivity contribution in [2.24, 2.45) is 0 Å². The highest BCUT2D eigenvalue weighted by Gasteiger charge is 2.16. The van der Waals surface area contributed by atoms with Crippen molar-refractivity contribution >= 4 is 23.4 Å². The van der Waals surface area contributed by atoms with E-state index in [1.54, 1.807) is 26.2 Å². The van der Waals surface area contributed by atoms with Crippen LogP contribution >= 0.6 is 11.3 Å². The van der Waals surface area contributed by atoms with E-state index in [-0.39, 0.29) is 0 Å². The van der Waals surface area contributed by atoms with Crippen molar-refractivity contribution in [1.82, 2.24) is 10.3 Å². The average Bonchev–Trinajstić information content (AvgIpc) is 2.74. The molecule has 7 heteroatoms. The summed E-state index contributed by atoms with van der Waals surface area (Å²) < 4.78 is 9.66. The topological polar surface area (TPSA) is 77.5 Å². The number of ether oxygens (including phenoxy) is 2. The van der Waals surface area contributed by atoms with E-state index in [0.29, 0.717) is 18.7 Å². The average molecular weight is 286 g/mol. The van der Waals surface area contributed by atoms with Crippen LogP contribution in [0.2, 0.25) is 0 Å². The Bertz CT molecular complexity index is 451. The third kappa shape index (κ3) is 5.69. The number of esters is 1. The van der Waals surface area contributed by atoms with Crippen molar-refractivity contribution < 1.29 is 19.1 Å². The Hall–Kier alpha value is -1.63. The molecule has 0 saturated heterocycles. The Morgan fingerprint density at radius 1 is 1.42 bits per heavy atom. The van der Waals surface area contributed by atoms with Gasteiger partial charge in [0.2, 0.25) is 0 Å². The maximum Gasteiger partial charge on any atom is 0.407 e. The smallest absolute Gasteiger partial charge is 0.407 e. The van der Waals surface area contributed by atoms with Crippen molar-refractivity contribution in [2.45, 2.75) is 32.8 Å². The third-order valence-corrected chi connectivity index (χ3v) is 2.86. The number of amides is 1. The summed E-state index contributed by atoms with van der Waals surface area (Å²) >= 11 is 1.35. The number of rotatable bonds is 4. The number of carbonyl (C=O) groups is 2. The normalized spacial score (nSPS) is 10.9. The summed E-state index contributed by atoms with van der Waals surface area (Å²) in [5, 5.41) is 5.02. The van der Waals surface area contributed by atoms with E-state index in [4.69, 9.17) is 4.74 Å². The summed E-state index contributed by atoms with van der Waals surface area (Å²) in [4.78, 5) is 26.7. The molecule has 1 amide bonds. The van der Waals surface area contributed by atoms with Crippen LogP contribution in [-0.4, -0.2) is 36.3 Å². The molecule has 1 heterocycles. The molecule has 0 aliphatic heterocycles. The van der Waals surface area contributed by atoms with Gasteiger partial charge in [0, 0.05) is 18.3 Å². The lowest BCUT2D eigenvalue weighted by Gasteiger charge is -2.19. The lowest BCUT2D eigenvalue weighted by Crippen LogP contribution is -2.33. The van der Waals surface area contributed by atoms with Gasteiger partial charge in [0.15, 0.2) is 5.69 Å². The molecule has 19 heavy (non-hydrogen) atoms. The minimum Gasteiger partial charge on any atom is -0.464 e. The number of hydrogen-bond acceptors (Lipinski definition) is 6. The number of thiazole rings is 1. The number of aromatic nitrogens is 1. The predicted molar refractivity (Wildman–Crippen MR) is 71.4 cm³/mol. The van der Waals surface area contributed by atoms with Crippen molar-refractivity contribution in [1.29, 1.82) is 0 Å². The van der Waals surface area contributed by atoms with Crippen LogP contribution in [0.1, 0.15) is 36.3 Å². The van der Waals surface area contributed by atoms with Gasteiger partial charge >= 0.3 is 12.1 Å². The van der Waals surface area contributed by atoms with Crippen LogP contribution in [0.3, 0.4) is 0 Å². The quantitative estimate of drug-likeness (QED) is 0.857. The molecule has 0 spiro atoms. The molecule has 0 unspecified atom stereocenters. The van der Waals surface area contributed by atoms with Gasteiger partial charge in [-0.15, -0.1) is 11.3 Å². The standard InChI is InChI=1S/C12H18N2O4S/c1-12(2,3)18-11(16)13-6-5-9-14-8(7-19-9)10(15)17-4/h7H,5-6H2,1-4H3,(H,13,16). The van der Waals surface area contributed by atoms with Gasteiger partial charge in [0.05, 0.1) is 12.1 Å². The summed E-state index contributed by atoms with van der Waals surface area (Å²) in [6, 6.07) is 0. The Labute approximate surface area is 116 Å². The van der Waals surface area contributed by atoms with E-state index in [1.807, 2.05) is 0 Å². The van der Waals surface area contributed by atoms with Gasteiger partial charge in [-0.25, -0.2) is 14.6 Å². The van der Waals surface area contributed by atoms with Crippen molar-refractivity contribution in [3.8, 4) is 0 Å². The fraction of sp³-hybridized carbons (Fsp3) is 0.583. The summed E-state index contributed by atoms with van der Waals surface area (Å²) in [5.74, 6) is -0.456. The number of nitrogens with one attached hydrogen (secondary N) is 1. The third-order valence-electron chi connectivity index (χ3n) is 1.95. The zero-order valence-corrected chi connectivity index (χ0v) is 12.3. The molecule has 0 aliphatic carbocycles. The van der Waals surface area contributed by atoms with Crippen molar-refractivity contribution in [3.63, 3.8) is 0 Å². The Morgan fingerprint density at radius 3 is 2.68 bits per heavy atom. The number of methoxy groups -OCH3 is 1. The van der Waals surface area contributed by atoms with Gasteiger partial charge in [-0.2, -0.15) is 0 Å². The molecule has 0 atom stereocenters. The highest BCUT2D eigenvalue weighted by molar-refractivity contribution is 7.09. The lowest BCUT2D eigenvalue weighted by atomic mass is 10.2. The molecule has 0 aromatic carbocycles. The highest BCUT2D eigenvalue weighted by atomic mass is 32.1. The zero-order chi connectivity index (χ0) is 14.5. The first-order valence-electron chi connectivity index (χ1n) is 5.81. The summed E-state index contributed by atoms with van der Waals surface area (Å²) in [7, 11) is 1.31. The second-order valence-corrected chi connectivity index (χ2v) is 5.74. The fourth-order valence-electron chi connectivity index (χ4n) is 1.21. The predicted octanol–water partition coefficient (Wildman–Crippen LogP) is 2.00. The molecular weight excluding hydrogens is 268 g/mol. The van der Waals surface area contributed by atoms with Crippen LogP contribution in [0.25, 0.3) is 0 Å². The van der Waals surface area contributed by atoms with E-state index in [9.17, 15) is 9.59 Å². The van der Waals surface area contributed by atoms with Gasteiger partial charge < -0.3 is 14.8 Å². The van der Waals surface area contributed by atoms with Crippen LogP contribution in [0.4, 0.5) is 4.79 Å². The van der Waals surface area contributed by atoms with Crippen molar-refractivity contribution in [3.05, 3.63) is 16.1 Å². The first-order valence-corrected chi connectivity index (χ1v) is 6.69. The van der Waals surface area contributed by atoms with Gasteiger partial charge in [0.25, 0.3) is 0 Å². The molecule has 0 saturated carbocycles. The first kappa shape index (κ1) is 15.4. The molecule has 6 nitrogen and oxygen atoms in total. The second kappa shape index (κ2) is 6.51. The number of alkyl carbamates (subject to hydrolysis) is 1. The molecule has 0 aliphatic rings. The van der Waals surface area contributed by atoms with Gasteiger partial charge in [0.1, 0.15) is 5.60 Å². The number of nitrogens with zero attached hydrogens (tertiary/aromatic N) is 1. The molecule has 106 valence electrons. The van der Waals surface area contributed by atoms with Crippen LogP contribution in [0, 0.1) is 0 Å². The Morgan fingerprint density at radius 2 is 2.11 bits per heavy atom. The van der Waals surface area contributed by atoms with Gasteiger partial charge in [-0.3, -0.25) is 0 Å². The summed E-state index contributed by atoms with van der Waals surface area (Å²) in [5.41, 5.74) is -0.219.